The molecule has 0 saturated heterocycles. The zero-order valence-corrected chi connectivity index (χ0v) is 10.4. The van der Waals surface area contributed by atoms with Gasteiger partial charge in [0.2, 0.25) is 0 Å². The van der Waals surface area contributed by atoms with Gasteiger partial charge in [0.25, 0.3) is 0 Å². The van der Waals surface area contributed by atoms with Crippen molar-refractivity contribution in [2.45, 2.75) is 0 Å². The quantitative estimate of drug-likeness (QED) is 0.489. The highest BCUT2D eigenvalue weighted by molar-refractivity contribution is 5.50. The highest BCUT2D eigenvalue weighted by Gasteiger charge is 1.97. The Morgan fingerprint density at radius 2 is 1.58 bits per heavy atom. The van der Waals surface area contributed by atoms with E-state index in [9.17, 15) is 0 Å². The fraction of sp³-hybridized carbons (Fsp3) is 0.133. The molecule has 96 valence electrons. The van der Waals surface area contributed by atoms with E-state index in [-0.39, 0.29) is 0 Å². The third kappa shape index (κ3) is 4.25. The van der Waals surface area contributed by atoms with Gasteiger partial charge in [-0.05, 0) is 24.3 Å². The molecule has 2 aromatic carbocycles. The van der Waals surface area contributed by atoms with Gasteiger partial charge in [-0.2, -0.15) is 5.26 Å². The second-order valence-electron chi connectivity index (χ2n) is 3.77. The molecule has 0 atom stereocenters. The van der Waals surface area contributed by atoms with E-state index < -0.39 is 0 Å². The van der Waals surface area contributed by atoms with Crippen molar-refractivity contribution in [2.75, 3.05) is 18.5 Å². The molecule has 0 spiro atoms. The predicted octanol–water partition coefficient (Wildman–Crippen LogP) is 3.04. The van der Waals surface area contributed by atoms with Crippen LogP contribution in [-0.4, -0.2) is 13.2 Å². The lowest BCUT2D eigenvalue weighted by molar-refractivity contribution is 0.217. The van der Waals surface area contributed by atoms with Crippen molar-refractivity contribution < 1.29 is 9.47 Å². The van der Waals surface area contributed by atoms with E-state index in [1.54, 1.807) is 12.1 Å². The van der Waals surface area contributed by atoms with Gasteiger partial charge in [-0.1, -0.05) is 24.3 Å². The van der Waals surface area contributed by atoms with E-state index in [1.807, 2.05) is 48.7 Å². The first kappa shape index (κ1) is 12.8. The molecule has 0 radical (unpaired) electrons. The van der Waals surface area contributed by atoms with Crippen molar-refractivity contribution >= 4 is 5.69 Å². The number of para-hydroxylation sites is 1. The molecule has 0 amide bonds. The molecule has 0 aliphatic carbocycles. The molecule has 0 bridgehead atoms. The van der Waals surface area contributed by atoms with Crippen LogP contribution in [0.25, 0.3) is 0 Å². The van der Waals surface area contributed by atoms with E-state index in [2.05, 4.69) is 5.32 Å². The molecule has 4 nitrogen and oxygen atoms in total. The number of ether oxygens (including phenoxy) is 2. The normalized spacial score (nSPS) is 9.42. The second kappa shape index (κ2) is 6.92. The molecule has 0 aromatic heterocycles. The van der Waals surface area contributed by atoms with Gasteiger partial charge in [-0.3, -0.25) is 5.32 Å². The number of anilines is 1. The number of nitrogens with one attached hydrogen (secondary N) is 1. The van der Waals surface area contributed by atoms with Crippen molar-refractivity contribution in [1.82, 2.24) is 0 Å². The van der Waals surface area contributed by atoms with Gasteiger partial charge in [0.1, 0.15) is 24.7 Å². The Bertz CT molecular complexity index is 550. The molecular weight excluding hydrogens is 240 g/mol. The van der Waals surface area contributed by atoms with Gasteiger partial charge >= 0.3 is 0 Å². The fourth-order valence-electron chi connectivity index (χ4n) is 1.56. The molecule has 2 rings (SSSR count). The highest BCUT2D eigenvalue weighted by Crippen LogP contribution is 2.17. The second-order valence-corrected chi connectivity index (χ2v) is 3.77. The van der Waals surface area contributed by atoms with E-state index in [4.69, 9.17) is 14.7 Å². The summed E-state index contributed by atoms with van der Waals surface area (Å²) in [5.41, 5.74) is 0.712. The molecular formula is C15H14N2O2. The molecule has 1 N–H and O–H groups in total. The Morgan fingerprint density at radius 3 is 2.32 bits per heavy atom. The number of benzene rings is 2. The molecule has 4 heteroatoms. The van der Waals surface area contributed by atoms with Crippen molar-refractivity contribution in [1.29, 1.82) is 5.26 Å². The highest BCUT2D eigenvalue weighted by atomic mass is 16.5. The molecule has 0 aliphatic heterocycles. The summed E-state index contributed by atoms with van der Waals surface area (Å²) in [5, 5.41) is 11.1. The monoisotopic (exact) mass is 254 g/mol. The Morgan fingerprint density at radius 1 is 0.895 bits per heavy atom. The summed E-state index contributed by atoms with van der Waals surface area (Å²) < 4.78 is 11.1. The summed E-state index contributed by atoms with van der Waals surface area (Å²) >= 11 is 0. The minimum atomic E-state index is 0.449. The van der Waals surface area contributed by atoms with Gasteiger partial charge < -0.3 is 9.47 Å². The van der Waals surface area contributed by atoms with Crippen LogP contribution in [0.15, 0.2) is 54.6 Å². The van der Waals surface area contributed by atoms with Crippen LogP contribution in [0.4, 0.5) is 5.69 Å². The van der Waals surface area contributed by atoms with Crippen LogP contribution >= 0.6 is 0 Å². The Kier molecular flexibility index (Phi) is 4.65. The molecule has 0 aliphatic rings. The number of nitriles is 1. The Hall–Kier alpha value is -2.67. The molecule has 0 saturated carbocycles. The van der Waals surface area contributed by atoms with Crippen LogP contribution in [0.3, 0.4) is 0 Å². The minimum absolute atomic E-state index is 0.449. The molecule has 2 aromatic rings. The van der Waals surface area contributed by atoms with E-state index in [0.717, 1.165) is 5.75 Å². The lowest BCUT2D eigenvalue weighted by Gasteiger charge is -2.09. The van der Waals surface area contributed by atoms with E-state index >= 15 is 0 Å². The summed E-state index contributed by atoms with van der Waals surface area (Å²) in [7, 11) is 0. The van der Waals surface area contributed by atoms with Crippen LogP contribution in [0.2, 0.25) is 0 Å². The lowest BCUT2D eigenvalue weighted by atomic mass is 10.3. The van der Waals surface area contributed by atoms with Crippen LogP contribution in [0, 0.1) is 11.5 Å². The largest absolute Gasteiger partial charge is 0.490 e. The van der Waals surface area contributed by atoms with Crippen molar-refractivity contribution in [3.63, 3.8) is 0 Å². The van der Waals surface area contributed by atoms with Gasteiger partial charge in [-0.15, -0.1) is 0 Å². The third-order valence-corrected chi connectivity index (χ3v) is 2.40. The molecule has 19 heavy (non-hydrogen) atoms. The van der Waals surface area contributed by atoms with Crippen LogP contribution < -0.4 is 14.8 Å². The topological polar surface area (TPSA) is 54.3 Å². The zero-order valence-electron chi connectivity index (χ0n) is 10.4. The first-order valence-electron chi connectivity index (χ1n) is 5.94. The standard InChI is InChI=1S/C15H14N2O2/c16-12-17-13-5-4-8-15(11-13)19-10-9-18-14-6-2-1-3-7-14/h1-8,11,17H,9-10H2. The van der Waals surface area contributed by atoms with Gasteiger partial charge in [0, 0.05) is 6.07 Å². The van der Waals surface area contributed by atoms with Crippen molar-refractivity contribution in [2.24, 2.45) is 0 Å². The third-order valence-electron chi connectivity index (χ3n) is 2.40. The first-order valence-corrected chi connectivity index (χ1v) is 5.94. The summed E-state index contributed by atoms with van der Waals surface area (Å²) in [6.07, 6.45) is 1.87. The maximum Gasteiger partial charge on any atom is 0.181 e. The summed E-state index contributed by atoms with van der Waals surface area (Å²) in [6.45, 7) is 0.921. The van der Waals surface area contributed by atoms with Gasteiger partial charge in [0.05, 0.1) is 5.69 Å². The Labute approximate surface area is 112 Å². The maximum atomic E-state index is 8.53. The number of hydrogen-bond acceptors (Lipinski definition) is 4. The lowest BCUT2D eigenvalue weighted by Crippen LogP contribution is -2.08. The molecule has 0 unspecified atom stereocenters. The SMILES string of the molecule is N#CNc1cccc(OCCOc2ccccc2)c1. The average molecular weight is 254 g/mol. The van der Waals surface area contributed by atoms with Crippen LogP contribution in [0.1, 0.15) is 0 Å². The van der Waals surface area contributed by atoms with Crippen LogP contribution in [-0.2, 0) is 0 Å². The number of nitrogens with zero attached hydrogens (tertiary/aromatic N) is 1. The fourth-order valence-corrected chi connectivity index (χ4v) is 1.56. The smallest absolute Gasteiger partial charge is 0.181 e. The zero-order chi connectivity index (χ0) is 13.3. The van der Waals surface area contributed by atoms with Gasteiger partial charge in [-0.25, -0.2) is 0 Å². The average Bonchev–Trinajstić information content (AvgIpc) is 2.46. The van der Waals surface area contributed by atoms with Crippen molar-refractivity contribution in [3.05, 3.63) is 54.6 Å². The predicted molar refractivity (Wildman–Crippen MR) is 73.1 cm³/mol. The summed E-state index contributed by atoms with van der Waals surface area (Å²) in [5.74, 6) is 1.53. The first-order chi connectivity index (χ1) is 9.38. The molecule has 0 fully saturated rings. The minimum Gasteiger partial charge on any atom is -0.490 e. The number of rotatable bonds is 6. The van der Waals surface area contributed by atoms with Gasteiger partial charge in [0.15, 0.2) is 6.19 Å². The maximum absolute atomic E-state index is 8.53. The Balaban J connectivity index is 1.77. The molecule has 0 heterocycles. The van der Waals surface area contributed by atoms with Crippen molar-refractivity contribution in [3.8, 4) is 17.7 Å². The van der Waals surface area contributed by atoms with Crippen LogP contribution in [0.5, 0.6) is 11.5 Å². The summed E-state index contributed by atoms with van der Waals surface area (Å²) in [6, 6.07) is 16.8. The van der Waals surface area contributed by atoms with E-state index in [1.165, 1.54) is 0 Å². The summed E-state index contributed by atoms with van der Waals surface area (Å²) in [4.78, 5) is 0. The number of hydrogen-bond donors (Lipinski definition) is 1. The van der Waals surface area contributed by atoms with E-state index in [0.29, 0.717) is 24.7 Å².